The van der Waals surface area contributed by atoms with E-state index in [-0.39, 0.29) is 23.0 Å². The molecule has 6 nitrogen and oxygen atoms in total. The number of hydrogen-bond acceptors (Lipinski definition) is 5. The lowest BCUT2D eigenvalue weighted by atomic mass is 10.1. The van der Waals surface area contributed by atoms with Gasteiger partial charge in [-0.3, -0.25) is 4.40 Å². The van der Waals surface area contributed by atoms with Crippen molar-refractivity contribution in [2.45, 2.75) is 25.8 Å². The lowest BCUT2D eigenvalue weighted by Gasteiger charge is -2.27. The fraction of sp³-hybridized carbons (Fsp3) is 0.217. The van der Waals surface area contributed by atoms with E-state index < -0.39 is 24.1 Å². The Hall–Kier alpha value is -3.89. The Morgan fingerprint density at radius 2 is 1.79 bits per heavy atom. The van der Waals surface area contributed by atoms with Gasteiger partial charge in [0.15, 0.2) is 0 Å². The maximum absolute atomic E-state index is 13.1. The van der Waals surface area contributed by atoms with Crippen LogP contribution >= 0.6 is 0 Å². The summed E-state index contributed by atoms with van der Waals surface area (Å²) in [4.78, 5) is 1.79. The minimum Gasteiger partial charge on any atom is -0.508 e. The maximum atomic E-state index is 13.1. The summed E-state index contributed by atoms with van der Waals surface area (Å²) in [6.45, 7) is -1.43. The van der Waals surface area contributed by atoms with Crippen LogP contribution in [-0.4, -0.2) is 33.4 Å². The number of nitrogens with zero attached hydrogens (tertiary/aromatic N) is 4. The van der Waals surface area contributed by atoms with E-state index in [1.165, 1.54) is 0 Å². The number of halogens is 5. The molecule has 0 saturated carbocycles. The predicted molar refractivity (Wildman–Crippen MR) is 115 cm³/mol. The first-order valence-corrected chi connectivity index (χ1v) is 10.1. The zero-order valence-corrected chi connectivity index (χ0v) is 18.0. The van der Waals surface area contributed by atoms with Gasteiger partial charge in [-0.2, -0.15) is 22.0 Å². The molecule has 1 N–H and O–H groups in total. The standard InChI is InChI=1S/C23H19F5N4O2/c1-13(14-5-3-6-16(33)11-14)31(2)22-30-29-20(18-7-4-10-32(18)22)17-9-8-15(23(26,27)28)12-19(17)34-21(24)25/h3-13,21,33H,1-2H3/t13-/m0/s1. The molecule has 0 aliphatic rings. The Labute approximate surface area is 190 Å². The minimum absolute atomic E-state index is 0.0558. The smallest absolute Gasteiger partial charge is 0.416 e. The number of hydrogen-bond donors (Lipinski definition) is 1. The molecule has 0 spiro atoms. The summed E-state index contributed by atoms with van der Waals surface area (Å²) < 4.78 is 71.4. The molecule has 11 heteroatoms. The molecule has 2 aromatic carbocycles. The zero-order valence-electron chi connectivity index (χ0n) is 18.0. The highest BCUT2D eigenvalue weighted by Gasteiger charge is 2.32. The van der Waals surface area contributed by atoms with Crippen molar-refractivity contribution in [1.29, 1.82) is 0 Å². The molecule has 4 aromatic rings. The number of aromatic nitrogens is 3. The van der Waals surface area contributed by atoms with Gasteiger partial charge in [-0.05, 0) is 55.0 Å². The lowest BCUT2D eigenvalue weighted by Crippen LogP contribution is -2.25. The Bertz CT molecular complexity index is 1320. The van der Waals surface area contributed by atoms with Crippen LogP contribution in [0, 0.1) is 0 Å². The van der Waals surface area contributed by atoms with E-state index in [1.54, 1.807) is 52.9 Å². The lowest BCUT2D eigenvalue weighted by molar-refractivity contribution is -0.138. The van der Waals surface area contributed by atoms with Gasteiger partial charge in [-0.1, -0.05) is 12.1 Å². The zero-order chi connectivity index (χ0) is 24.6. The van der Waals surface area contributed by atoms with Crippen LogP contribution < -0.4 is 9.64 Å². The molecule has 0 unspecified atom stereocenters. The molecular weight excluding hydrogens is 459 g/mol. The van der Waals surface area contributed by atoms with Crippen molar-refractivity contribution in [3.8, 4) is 22.8 Å². The third-order valence-electron chi connectivity index (χ3n) is 5.48. The first-order chi connectivity index (χ1) is 16.1. The second-order valence-electron chi connectivity index (χ2n) is 7.58. The van der Waals surface area contributed by atoms with Crippen LogP contribution in [0.25, 0.3) is 16.8 Å². The molecule has 178 valence electrons. The van der Waals surface area contributed by atoms with E-state index in [0.717, 1.165) is 17.7 Å². The van der Waals surface area contributed by atoms with E-state index in [4.69, 9.17) is 0 Å². The molecule has 0 saturated heterocycles. The van der Waals surface area contributed by atoms with Crippen LogP contribution in [0.5, 0.6) is 11.5 Å². The number of benzene rings is 2. The van der Waals surface area contributed by atoms with E-state index in [2.05, 4.69) is 14.9 Å². The molecule has 1 atom stereocenters. The number of aromatic hydroxyl groups is 1. The number of anilines is 1. The van der Waals surface area contributed by atoms with Gasteiger partial charge in [0.05, 0.1) is 17.1 Å². The molecule has 0 aliphatic carbocycles. The third-order valence-corrected chi connectivity index (χ3v) is 5.48. The van der Waals surface area contributed by atoms with Gasteiger partial charge in [-0.15, -0.1) is 10.2 Å². The first kappa shape index (κ1) is 23.3. The van der Waals surface area contributed by atoms with Gasteiger partial charge in [-0.25, -0.2) is 0 Å². The normalized spacial score (nSPS) is 12.8. The number of phenolic OH excluding ortho intramolecular Hbond substituents is 1. The average Bonchev–Trinajstić information content (AvgIpc) is 3.27. The van der Waals surface area contributed by atoms with Crippen molar-refractivity contribution in [3.63, 3.8) is 0 Å². The van der Waals surface area contributed by atoms with Crippen LogP contribution in [0.3, 0.4) is 0 Å². The monoisotopic (exact) mass is 478 g/mol. The van der Waals surface area contributed by atoms with Crippen LogP contribution in [0.4, 0.5) is 27.9 Å². The molecule has 0 bridgehead atoms. The van der Waals surface area contributed by atoms with Crippen LogP contribution in [0.2, 0.25) is 0 Å². The molecule has 0 fully saturated rings. The van der Waals surface area contributed by atoms with Crippen molar-refractivity contribution in [2.24, 2.45) is 0 Å². The van der Waals surface area contributed by atoms with Crippen molar-refractivity contribution >= 4 is 11.5 Å². The number of fused-ring (bicyclic) bond motifs is 1. The van der Waals surface area contributed by atoms with Gasteiger partial charge in [0.2, 0.25) is 5.95 Å². The van der Waals surface area contributed by atoms with Crippen molar-refractivity contribution in [3.05, 3.63) is 71.9 Å². The van der Waals surface area contributed by atoms with Gasteiger partial charge >= 0.3 is 12.8 Å². The highest BCUT2D eigenvalue weighted by Crippen LogP contribution is 2.39. The molecule has 34 heavy (non-hydrogen) atoms. The number of alkyl halides is 5. The molecule has 2 aromatic heterocycles. The van der Waals surface area contributed by atoms with Gasteiger partial charge in [0, 0.05) is 18.8 Å². The van der Waals surface area contributed by atoms with Crippen molar-refractivity contribution in [2.75, 3.05) is 11.9 Å². The Morgan fingerprint density at radius 3 is 2.47 bits per heavy atom. The summed E-state index contributed by atoms with van der Waals surface area (Å²) in [7, 11) is 1.77. The second-order valence-corrected chi connectivity index (χ2v) is 7.58. The summed E-state index contributed by atoms with van der Waals surface area (Å²) in [5, 5.41) is 18.2. The fourth-order valence-corrected chi connectivity index (χ4v) is 3.64. The van der Waals surface area contributed by atoms with Gasteiger partial charge in [0.25, 0.3) is 0 Å². The quantitative estimate of drug-likeness (QED) is 0.349. The summed E-state index contributed by atoms with van der Waals surface area (Å²) >= 11 is 0. The highest BCUT2D eigenvalue weighted by molar-refractivity contribution is 5.81. The van der Waals surface area contributed by atoms with Crippen LogP contribution in [0.1, 0.15) is 24.1 Å². The Balaban J connectivity index is 1.80. The highest BCUT2D eigenvalue weighted by atomic mass is 19.4. The summed E-state index contributed by atoms with van der Waals surface area (Å²) in [5.74, 6) is -0.154. The van der Waals surface area contributed by atoms with Crippen LogP contribution in [-0.2, 0) is 6.18 Å². The third kappa shape index (κ3) is 4.45. The van der Waals surface area contributed by atoms with Crippen molar-refractivity contribution in [1.82, 2.24) is 14.6 Å². The van der Waals surface area contributed by atoms with E-state index in [0.29, 0.717) is 17.5 Å². The molecule has 0 radical (unpaired) electrons. The van der Waals surface area contributed by atoms with Crippen molar-refractivity contribution < 1.29 is 31.8 Å². The largest absolute Gasteiger partial charge is 0.508 e. The van der Waals surface area contributed by atoms with E-state index in [9.17, 15) is 27.1 Å². The molecule has 0 aliphatic heterocycles. The molecule has 2 heterocycles. The molecule has 0 amide bonds. The molecular formula is C23H19F5N4O2. The van der Waals surface area contributed by atoms with Gasteiger partial charge < -0.3 is 14.7 Å². The Kier molecular flexibility index (Phi) is 6.03. The van der Waals surface area contributed by atoms with E-state index >= 15 is 0 Å². The Morgan fingerprint density at radius 1 is 1.03 bits per heavy atom. The average molecular weight is 478 g/mol. The van der Waals surface area contributed by atoms with Crippen LogP contribution in [0.15, 0.2) is 60.8 Å². The fourth-order valence-electron chi connectivity index (χ4n) is 3.64. The number of rotatable bonds is 6. The number of ether oxygens (including phenoxy) is 1. The number of phenols is 1. The van der Waals surface area contributed by atoms with Gasteiger partial charge in [0.1, 0.15) is 17.2 Å². The minimum atomic E-state index is -4.73. The topological polar surface area (TPSA) is 62.9 Å². The van der Waals surface area contributed by atoms with E-state index in [1.807, 2.05) is 13.0 Å². The maximum Gasteiger partial charge on any atom is 0.416 e. The summed E-state index contributed by atoms with van der Waals surface area (Å²) in [6.07, 6.45) is -3.06. The first-order valence-electron chi connectivity index (χ1n) is 10.1. The summed E-state index contributed by atoms with van der Waals surface area (Å²) in [5.41, 5.74) is 0.140. The SMILES string of the molecule is C[C@@H](c1cccc(O)c1)N(C)c1nnc(-c2ccc(C(F)(F)F)cc2OC(F)F)c2cccn12. The predicted octanol–water partition coefficient (Wildman–Crippen LogP) is 5.92. The second kappa shape index (κ2) is 8.81. The summed E-state index contributed by atoms with van der Waals surface area (Å²) in [6, 6.07) is 12.1. The molecule has 4 rings (SSSR count).